The Balaban J connectivity index is 1.56. The third kappa shape index (κ3) is 3.58. The Kier molecular flexibility index (Phi) is 4.57. The molecule has 1 aromatic carbocycles. The number of likely N-dealkylation sites (tertiary alicyclic amines) is 1. The fourth-order valence-electron chi connectivity index (χ4n) is 3.66. The first-order valence-corrected chi connectivity index (χ1v) is 9.30. The Labute approximate surface area is 164 Å². The number of carbonyl (C=O) groups excluding carboxylic acids is 2. The first-order chi connectivity index (χ1) is 13.8. The van der Waals surface area contributed by atoms with Gasteiger partial charge in [-0.1, -0.05) is 18.2 Å². The van der Waals surface area contributed by atoms with Gasteiger partial charge in [0.25, 0.3) is 17.4 Å². The van der Waals surface area contributed by atoms with Gasteiger partial charge < -0.3 is 14.8 Å². The van der Waals surface area contributed by atoms with Gasteiger partial charge in [-0.2, -0.15) is 5.26 Å². The molecule has 0 unspecified atom stereocenters. The molecule has 0 radical (unpaired) electrons. The van der Waals surface area contributed by atoms with Crippen molar-refractivity contribution in [2.75, 3.05) is 13.1 Å². The Bertz CT molecular complexity index is 1100. The van der Waals surface area contributed by atoms with Gasteiger partial charge >= 0.3 is 0 Å². The lowest BCUT2D eigenvalue weighted by Gasteiger charge is -2.19. The number of aromatic nitrogens is 1. The molecule has 2 amide bonds. The first-order valence-electron chi connectivity index (χ1n) is 9.30. The zero-order valence-electron chi connectivity index (χ0n) is 15.4. The van der Waals surface area contributed by atoms with Gasteiger partial charge in [0.15, 0.2) is 0 Å². The second-order valence-electron chi connectivity index (χ2n) is 7.44. The highest BCUT2D eigenvalue weighted by atomic mass is 19.3. The van der Waals surface area contributed by atoms with E-state index < -0.39 is 43.3 Å². The molecule has 2 fully saturated rings. The van der Waals surface area contributed by atoms with E-state index in [2.05, 4.69) is 5.32 Å². The maximum atomic E-state index is 13.5. The highest BCUT2D eigenvalue weighted by Crippen LogP contribution is 2.34. The lowest BCUT2D eigenvalue weighted by molar-refractivity contribution is -0.131. The van der Waals surface area contributed by atoms with E-state index >= 15 is 0 Å². The summed E-state index contributed by atoms with van der Waals surface area (Å²) in [6, 6.07) is 7.25. The van der Waals surface area contributed by atoms with Crippen LogP contribution in [-0.4, -0.2) is 46.3 Å². The fourth-order valence-corrected chi connectivity index (χ4v) is 3.66. The van der Waals surface area contributed by atoms with Gasteiger partial charge in [-0.3, -0.25) is 14.4 Å². The van der Waals surface area contributed by atoms with Crippen LogP contribution in [0, 0.1) is 11.3 Å². The number of carbonyl (C=O) groups is 2. The highest BCUT2D eigenvalue weighted by Gasteiger charge is 2.47. The molecule has 150 valence electrons. The number of pyridine rings is 1. The summed E-state index contributed by atoms with van der Waals surface area (Å²) in [5.74, 6) is -4.44. The number of halogens is 2. The molecule has 29 heavy (non-hydrogen) atoms. The molecule has 1 aliphatic carbocycles. The molecule has 2 heterocycles. The van der Waals surface area contributed by atoms with Crippen molar-refractivity contribution in [2.45, 2.75) is 37.3 Å². The van der Waals surface area contributed by atoms with Crippen molar-refractivity contribution in [2.24, 2.45) is 0 Å². The van der Waals surface area contributed by atoms with Crippen molar-refractivity contribution < 1.29 is 18.4 Å². The Morgan fingerprint density at radius 3 is 2.59 bits per heavy atom. The van der Waals surface area contributed by atoms with Crippen LogP contribution in [0.4, 0.5) is 8.78 Å². The minimum absolute atomic E-state index is 0.0588. The Hall–Kier alpha value is -3.28. The number of benzene rings is 1. The van der Waals surface area contributed by atoms with Crippen LogP contribution in [0.25, 0.3) is 10.8 Å². The minimum atomic E-state index is -3.12. The van der Waals surface area contributed by atoms with E-state index in [1.807, 2.05) is 0 Å². The van der Waals surface area contributed by atoms with E-state index in [0.29, 0.717) is 10.8 Å². The number of nitrogens with one attached hydrogen (secondary N) is 1. The molecule has 1 saturated carbocycles. The summed E-state index contributed by atoms with van der Waals surface area (Å²) in [5, 5.41) is 12.3. The third-order valence-electron chi connectivity index (χ3n) is 5.27. The second-order valence-corrected chi connectivity index (χ2v) is 7.44. The molecule has 1 atom stereocenters. The Morgan fingerprint density at radius 2 is 1.93 bits per heavy atom. The molecule has 7 nitrogen and oxygen atoms in total. The molecule has 1 aliphatic heterocycles. The first kappa shape index (κ1) is 19.1. The smallest absolute Gasteiger partial charge is 0.268 e. The Morgan fingerprint density at radius 1 is 1.24 bits per heavy atom. The molecule has 0 spiro atoms. The van der Waals surface area contributed by atoms with Crippen molar-refractivity contribution in [3.8, 4) is 6.07 Å². The number of hydrogen-bond acceptors (Lipinski definition) is 4. The van der Waals surface area contributed by atoms with Crippen LogP contribution in [0.5, 0.6) is 0 Å². The average molecular weight is 400 g/mol. The lowest BCUT2D eigenvalue weighted by atomic mass is 10.1. The standard InChI is InChI=1S/C20H18F2N4O3/c21-20(22)7-13(8-23)26(11-20)17(27)9-24-18(28)16-10-25(12-5-6-12)19(29)15-4-2-1-3-14(15)16/h1-4,10,12-13H,5-7,9,11H2,(H,24,28)/t13-/m0/s1. The van der Waals surface area contributed by atoms with E-state index in [9.17, 15) is 23.2 Å². The zero-order chi connectivity index (χ0) is 20.8. The van der Waals surface area contributed by atoms with Gasteiger partial charge in [-0.15, -0.1) is 0 Å². The molecule has 1 N–H and O–H groups in total. The molecule has 0 bridgehead atoms. The van der Waals surface area contributed by atoms with Gasteiger partial charge in [0.1, 0.15) is 6.04 Å². The minimum Gasteiger partial charge on any atom is -0.343 e. The molecule has 1 saturated heterocycles. The van der Waals surface area contributed by atoms with Gasteiger partial charge in [0, 0.05) is 29.4 Å². The quantitative estimate of drug-likeness (QED) is 0.847. The number of hydrogen-bond donors (Lipinski definition) is 1. The number of nitriles is 1. The van der Waals surface area contributed by atoms with Crippen LogP contribution in [-0.2, 0) is 4.79 Å². The lowest BCUT2D eigenvalue weighted by Crippen LogP contribution is -2.43. The van der Waals surface area contributed by atoms with E-state index in [1.165, 1.54) is 10.8 Å². The summed E-state index contributed by atoms with van der Waals surface area (Å²) >= 11 is 0. The summed E-state index contributed by atoms with van der Waals surface area (Å²) in [6.07, 6.45) is 2.50. The summed E-state index contributed by atoms with van der Waals surface area (Å²) in [6.45, 7) is -1.35. The number of alkyl halides is 2. The van der Waals surface area contributed by atoms with E-state index in [-0.39, 0.29) is 17.2 Å². The average Bonchev–Trinajstić information content (AvgIpc) is 3.49. The normalized spacial score (nSPS) is 20.4. The van der Waals surface area contributed by atoms with Gasteiger partial charge in [0.2, 0.25) is 5.91 Å². The highest BCUT2D eigenvalue weighted by molar-refractivity contribution is 6.07. The van der Waals surface area contributed by atoms with Crippen LogP contribution >= 0.6 is 0 Å². The molecule has 9 heteroatoms. The number of rotatable bonds is 4. The summed E-state index contributed by atoms with van der Waals surface area (Å²) < 4.78 is 28.6. The van der Waals surface area contributed by atoms with Gasteiger partial charge in [0.05, 0.1) is 24.7 Å². The van der Waals surface area contributed by atoms with Crippen LogP contribution in [0.2, 0.25) is 0 Å². The topological polar surface area (TPSA) is 95.2 Å². The van der Waals surface area contributed by atoms with Crippen molar-refractivity contribution in [1.82, 2.24) is 14.8 Å². The summed E-state index contributed by atoms with van der Waals surface area (Å²) in [5.41, 5.74) is 0.0652. The molecular formula is C20H18F2N4O3. The van der Waals surface area contributed by atoms with Crippen molar-refractivity contribution in [3.05, 3.63) is 46.4 Å². The monoisotopic (exact) mass is 400 g/mol. The maximum Gasteiger partial charge on any atom is 0.268 e. The fraction of sp³-hybridized carbons (Fsp3) is 0.400. The molecular weight excluding hydrogens is 382 g/mol. The summed E-state index contributed by atoms with van der Waals surface area (Å²) in [4.78, 5) is 38.5. The van der Waals surface area contributed by atoms with Crippen molar-refractivity contribution in [1.29, 1.82) is 5.26 Å². The van der Waals surface area contributed by atoms with Crippen LogP contribution in [0.3, 0.4) is 0 Å². The van der Waals surface area contributed by atoms with Crippen molar-refractivity contribution >= 4 is 22.6 Å². The van der Waals surface area contributed by atoms with Crippen molar-refractivity contribution in [3.63, 3.8) is 0 Å². The van der Waals surface area contributed by atoms with Crippen LogP contribution in [0.15, 0.2) is 35.3 Å². The molecule has 4 rings (SSSR count). The second kappa shape index (κ2) is 6.95. The third-order valence-corrected chi connectivity index (χ3v) is 5.27. The van der Waals surface area contributed by atoms with Gasteiger partial charge in [-0.05, 0) is 18.9 Å². The van der Waals surface area contributed by atoms with Crippen LogP contribution < -0.4 is 10.9 Å². The number of nitrogens with zero attached hydrogens (tertiary/aromatic N) is 3. The number of fused-ring (bicyclic) bond motifs is 1. The SMILES string of the molecule is N#C[C@@H]1CC(F)(F)CN1C(=O)CNC(=O)c1cn(C2CC2)c(=O)c2ccccc12. The largest absolute Gasteiger partial charge is 0.343 e. The predicted octanol–water partition coefficient (Wildman–Crippen LogP) is 1.83. The molecule has 2 aliphatic rings. The predicted molar refractivity (Wildman–Crippen MR) is 99.5 cm³/mol. The zero-order valence-corrected chi connectivity index (χ0v) is 15.4. The summed E-state index contributed by atoms with van der Waals surface area (Å²) in [7, 11) is 0. The van der Waals surface area contributed by atoms with E-state index in [4.69, 9.17) is 5.26 Å². The maximum absolute atomic E-state index is 13.5. The van der Waals surface area contributed by atoms with Crippen LogP contribution in [0.1, 0.15) is 35.7 Å². The van der Waals surface area contributed by atoms with Gasteiger partial charge in [-0.25, -0.2) is 8.78 Å². The molecule has 2 aromatic rings. The number of amides is 2. The van der Waals surface area contributed by atoms with E-state index in [0.717, 1.165) is 17.7 Å². The van der Waals surface area contributed by atoms with E-state index in [1.54, 1.807) is 30.3 Å². The molecule has 1 aromatic heterocycles.